The van der Waals surface area contributed by atoms with Crippen LogP contribution in [0.2, 0.25) is 5.02 Å². The zero-order valence-corrected chi connectivity index (χ0v) is 12.3. The molecule has 0 spiro atoms. The van der Waals surface area contributed by atoms with Gasteiger partial charge in [-0.25, -0.2) is 0 Å². The van der Waals surface area contributed by atoms with Gasteiger partial charge in [0.15, 0.2) is 0 Å². The summed E-state index contributed by atoms with van der Waals surface area (Å²) in [5, 5.41) is 4.17. The van der Waals surface area contributed by atoms with Crippen LogP contribution in [-0.2, 0) is 6.54 Å². The van der Waals surface area contributed by atoms with E-state index >= 15 is 0 Å². The summed E-state index contributed by atoms with van der Waals surface area (Å²) in [6.45, 7) is 9.72. The zero-order chi connectivity index (χ0) is 13.6. The highest BCUT2D eigenvalue weighted by Crippen LogP contribution is 2.23. The Labute approximate surface area is 115 Å². The van der Waals surface area contributed by atoms with E-state index in [1.54, 1.807) is 0 Å². The van der Waals surface area contributed by atoms with Crippen LogP contribution in [0.5, 0.6) is 5.75 Å². The Kier molecular flexibility index (Phi) is 5.70. The van der Waals surface area contributed by atoms with Gasteiger partial charge < -0.3 is 10.1 Å². The maximum absolute atomic E-state index is 6.03. The van der Waals surface area contributed by atoms with E-state index in [0.717, 1.165) is 22.9 Å². The lowest BCUT2D eigenvalue weighted by atomic mass is 10.1. The molecule has 0 aliphatic carbocycles. The predicted octanol–water partition coefficient (Wildman–Crippen LogP) is 4.18. The third-order valence-electron chi connectivity index (χ3n) is 2.40. The van der Waals surface area contributed by atoms with E-state index < -0.39 is 0 Å². The van der Waals surface area contributed by atoms with Crippen LogP contribution < -0.4 is 10.1 Å². The Balaban J connectivity index is 2.76. The van der Waals surface area contributed by atoms with Crippen LogP contribution >= 0.6 is 11.6 Å². The van der Waals surface area contributed by atoms with Gasteiger partial charge in [-0.2, -0.15) is 0 Å². The van der Waals surface area contributed by atoms with E-state index in [1.807, 2.05) is 37.3 Å². The fourth-order valence-electron chi connectivity index (χ4n) is 1.42. The van der Waals surface area contributed by atoms with Crippen molar-refractivity contribution in [2.24, 2.45) is 0 Å². The smallest absolute Gasteiger partial charge is 0.124 e. The third-order valence-corrected chi connectivity index (χ3v) is 2.64. The molecule has 2 nitrogen and oxygen atoms in total. The molecule has 1 N–H and O–H groups in total. The highest BCUT2D eigenvalue weighted by Gasteiger charge is 2.11. The summed E-state index contributed by atoms with van der Waals surface area (Å²) in [5.41, 5.74) is 1.16. The average Bonchev–Trinajstić information content (AvgIpc) is 2.28. The first-order valence-electron chi connectivity index (χ1n) is 6.20. The van der Waals surface area contributed by atoms with Crippen molar-refractivity contribution in [2.75, 3.05) is 6.61 Å². The van der Waals surface area contributed by atoms with E-state index in [-0.39, 0.29) is 5.54 Å². The molecule has 0 saturated heterocycles. The molecule has 1 aromatic rings. The zero-order valence-electron chi connectivity index (χ0n) is 11.6. The van der Waals surface area contributed by atoms with Gasteiger partial charge in [-0.05, 0) is 45.9 Å². The molecule has 18 heavy (non-hydrogen) atoms. The molecule has 0 bridgehead atoms. The van der Waals surface area contributed by atoms with Gasteiger partial charge in [0, 0.05) is 22.7 Å². The fraction of sp³-hybridized carbons (Fsp3) is 0.467. The monoisotopic (exact) mass is 267 g/mol. The normalized spacial score (nSPS) is 12.1. The number of hydrogen-bond donors (Lipinski definition) is 1. The molecular weight excluding hydrogens is 246 g/mol. The number of nitrogens with one attached hydrogen (secondary N) is 1. The lowest BCUT2D eigenvalue weighted by molar-refractivity contribution is 0.352. The van der Waals surface area contributed by atoms with Gasteiger partial charge in [-0.15, -0.1) is 0 Å². The molecule has 0 aliphatic rings. The van der Waals surface area contributed by atoms with Crippen LogP contribution in [-0.4, -0.2) is 12.1 Å². The number of rotatable bonds is 5. The Morgan fingerprint density at radius 2 is 2.06 bits per heavy atom. The van der Waals surface area contributed by atoms with E-state index in [0.29, 0.717) is 6.61 Å². The van der Waals surface area contributed by atoms with Crippen molar-refractivity contribution in [1.29, 1.82) is 0 Å². The van der Waals surface area contributed by atoms with Gasteiger partial charge in [0.1, 0.15) is 12.4 Å². The van der Waals surface area contributed by atoms with Gasteiger partial charge in [0.2, 0.25) is 0 Å². The van der Waals surface area contributed by atoms with Gasteiger partial charge in [0.05, 0.1) is 0 Å². The second-order valence-corrected chi connectivity index (χ2v) is 5.67. The summed E-state index contributed by atoms with van der Waals surface area (Å²) in [6.07, 6.45) is 3.96. The molecule has 0 fully saturated rings. The topological polar surface area (TPSA) is 21.3 Å². The Morgan fingerprint density at radius 3 is 2.67 bits per heavy atom. The second-order valence-electron chi connectivity index (χ2n) is 5.24. The first-order chi connectivity index (χ1) is 8.42. The summed E-state index contributed by atoms with van der Waals surface area (Å²) in [7, 11) is 0. The quantitative estimate of drug-likeness (QED) is 0.808. The summed E-state index contributed by atoms with van der Waals surface area (Å²) in [5.74, 6) is 0.884. The van der Waals surface area contributed by atoms with Crippen molar-refractivity contribution in [3.8, 4) is 5.75 Å². The van der Waals surface area contributed by atoms with Gasteiger partial charge in [-0.1, -0.05) is 23.8 Å². The number of ether oxygens (including phenoxy) is 1. The van der Waals surface area contributed by atoms with Crippen LogP contribution in [0.25, 0.3) is 0 Å². The molecule has 100 valence electrons. The number of halogens is 1. The maximum Gasteiger partial charge on any atom is 0.124 e. The van der Waals surface area contributed by atoms with Crippen molar-refractivity contribution in [2.45, 2.75) is 39.8 Å². The van der Waals surface area contributed by atoms with E-state index in [1.165, 1.54) is 0 Å². The van der Waals surface area contributed by atoms with Crippen LogP contribution in [0, 0.1) is 0 Å². The Hall–Kier alpha value is -0.990. The molecule has 1 aromatic carbocycles. The lowest BCUT2D eigenvalue weighted by Crippen LogP contribution is -2.35. The summed E-state index contributed by atoms with van der Waals surface area (Å²) in [4.78, 5) is 0. The van der Waals surface area contributed by atoms with Gasteiger partial charge in [-0.3, -0.25) is 0 Å². The van der Waals surface area contributed by atoms with E-state index in [2.05, 4.69) is 26.1 Å². The highest BCUT2D eigenvalue weighted by atomic mass is 35.5. The molecule has 1 rings (SSSR count). The SMILES string of the molecule is CC=CCOc1ccc(Cl)cc1CNC(C)(C)C. The molecule has 0 unspecified atom stereocenters. The number of benzene rings is 1. The number of allylic oxidation sites excluding steroid dienone is 1. The van der Waals surface area contributed by atoms with Crippen molar-refractivity contribution >= 4 is 11.6 Å². The Bertz CT molecular complexity index is 407. The van der Waals surface area contributed by atoms with Gasteiger partial charge in [0.25, 0.3) is 0 Å². The molecule has 0 atom stereocenters. The standard InChI is InChI=1S/C15H22ClNO/c1-5-6-9-18-14-8-7-13(16)10-12(14)11-17-15(2,3)4/h5-8,10,17H,9,11H2,1-4H3. The summed E-state index contributed by atoms with van der Waals surface area (Å²) in [6, 6.07) is 5.73. The minimum Gasteiger partial charge on any atom is -0.489 e. The Morgan fingerprint density at radius 1 is 1.33 bits per heavy atom. The largest absolute Gasteiger partial charge is 0.489 e. The predicted molar refractivity (Wildman–Crippen MR) is 78.4 cm³/mol. The maximum atomic E-state index is 6.03. The summed E-state index contributed by atoms with van der Waals surface area (Å²) >= 11 is 6.03. The van der Waals surface area contributed by atoms with E-state index in [4.69, 9.17) is 16.3 Å². The lowest BCUT2D eigenvalue weighted by Gasteiger charge is -2.21. The minimum atomic E-state index is 0.0723. The first kappa shape index (κ1) is 15.1. The summed E-state index contributed by atoms with van der Waals surface area (Å²) < 4.78 is 5.71. The van der Waals surface area contributed by atoms with Crippen molar-refractivity contribution < 1.29 is 4.74 Å². The molecule has 0 aliphatic heterocycles. The van der Waals surface area contributed by atoms with Crippen LogP contribution in [0.1, 0.15) is 33.3 Å². The van der Waals surface area contributed by atoms with Crippen molar-refractivity contribution in [3.05, 3.63) is 40.9 Å². The van der Waals surface area contributed by atoms with Crippen LogP contribution in [0.3, 0.4) is 0 Å². The molecule has 0 heterocycles. The molecule has 0 amide bonds. The second kappa shape index (κ2) is 6.81. The molecular formula is C15H22ClNO. The molecule has 0 aromatic heterocycles. The molecule has 3 heteroatoms. The first-order valence-corrected chi connectivity index (χ1v) is 6.57. The molecule has 0 radical (unpaired) electrons. The van der Waals surface area contributed by atoms with Gasteiger partial charge >= 0.3 is 0 Å². The van der Waals surface area contributed by atoms with Crippen molar-refractivity contribution in [3.63, 3.8) is 0 Å². The average molecular weight is 268 g/mol. The van der Waals surface area contributed by atoms with Crippen molar-refractivity contribution in [1.82, 2.24) is 5.32 Å². The van der Waals surface area contributed by atoms with Crippen LogP contribution in [0.4, 0.5) is 0 Å². The highest BCUT2D eigenvalue weighted by molar-refractivity contribution is 6.30. The van der Waals surface area contributed by atoms with E-state index in [9.17, 15) is 0 Å². The molecule has 0 saturated carbocycles. The minimum absolute atomic E-state index is 0.0723. The third kappa shape index (κ3) is 5.56. The fourth-order valence-corrected chi connectivity index (χ4v) is 1.62. The van der Waals surface area contributed by atoms with Crippen LogP contribution in [0.15, 0.2) is 30.4 Å². The number of hydrogen-bond acceptors (Lipinski definition) is 2.